The minimum atomic E-state index is -0.0133. The van der Waals surface area contributed by atoms with Crippen LogP contribution in [0.1, 0.15) is 4.88 Å². The monoisotopic (exact) mass is 257 g/mol. The average Bonchev–Trinajstić information content (AvgIpc) is 2.79. The highest BCUT2D eigenvalue weighted by Gasteiger charge is 2.05. The second-order valence-corrected chi connectivity index (χ2v) is 5.13. The Morgan fingerprint density at radius 3 is 2.83 bits per heavy atom. The fourth-order valence-corrected chi connectivity index (χ4v) is 2.63. The molecular weight excluding hydrogens is 246 g/mol. The molecule has 0 aliphatic carbocycles. The number of thiazole rings is 1. The summed E-state index contributed by atoms with van der Waals surface area (Å²) >= 11 is 1.41. The van der Waals surface area contributed by atoms with Crippen LogP contribution >= 0.6 is 11.3 Å². The van der Waals surface area contributed by atoms with E-state index in [9.17, 15) is 4.79 Å². The average molecular weight is 257 g/mol. The molecule has 2 N–H and O–H groups in total. The summed E-state index contributed by atoms with van der Waals surface area (Å²) in [6.07, 6.45) is 1.72. The van der Waals surface area contributed by atoms with E-state index in [-0.39, 0.29) is 5.56 Å². The molecule has 0 aliphatic rings. The Kier molecular flexibility index (Phi) is 2.60. The van der Waals surface area contributed by atoms with E-state index in [1.807, 2.05) is 30.3 Å². The molecule has 2 heterocycles. The maximum atomic E-state index is 12.0. The van der Waals surface area contributed by atoms with Gasteiger partial charge in [-0.05, 0) is 17.5 Å². The first-order chi connectivity index (χ1) is 8.74. The van der Waals surface area contributed by atoms with Crippen molar-refractivity contribution < 1.29 is 0 Å². The predicted molar refractivity (Wildman–Crippen MR) is 73.8 cm³/mol. The van der Waals surface area contributed by atoms with Gasteiger partial charge >= 0.3 is 0 Å². The van der Waals surface area contributed by atoms with Gasteiger partial charge in [-0.1, -0.05) is 18.2 Å². The predicted octanol–water partition coefficient (Wildman–Crippen LogP) is 2.09. The third-order valence-electron chi connectivity index (χ3n) is 2.78. The van der Waals surface area contributed by atoms with Crippen molar-refractivity contribution in [3.63, 3.8) is 0 Å². The zero-order valence-corrected chi connectivity index (χ0v) is 10.4. The van der Waals surface area contributed by atoms with Gasteiger partial charge in [-0.2, -0.15) is 0 Å². The molecule has 90 valence electrons. The molecule has 0 saturated carbocycles. The van der Waals surface area contributed by atoms with Crippen LogP contribution in [0.3, 0.4) is 0 Å². The lowest BCUT2D eigenvalue weighted by atomic mass is 10.2. The second kappa shape index (κ2) is 4.27. The molecule has 4 nitrogen and oxygen atoms in total. The minimum absolute atomic E-state index is 0.0133. The van der Waals surface area contributed by atoms with E-state index < -0.39 is 0 Å². The number of aromatic nitrogens is 2. The molecule has 0 radical (unpaired) electrons. The molecule has 3 rings (SSSR count). The molecule has 3 aromatic rings. The molecule has 1 aromatic carbocycles. The van der Waals surface area contributed by atoms with Gasteiger partial charge in [-0.3, -0.25) is 4.79 Å². The van der Waals surface area contributed by atoms with E-state index in [0.29, 0.717) is 11.7 Å². The van der Waals surface area contributed by atoms with Gasteiger partial charge in [0.2, 0.25) is 0 Å². The van der Waals surface area contributed by atoms with Gasteiger partial charge in [0.05, 0.1) is 12.1 Å². The summed E-state index contributed by atoms with van der Waals surface area (Å²) in [5.74, 6) is 0. The van der Waals surface area contributed by atoms with Crippen LogP contribution in [0.5, 0.6) is 0 Å². The Morgan fingerprint density at radius 2 is 2.06 bits per heavy atom. The van der Waals surface area contributed by atoms with Gasteiger partial charge in [0, 0.05) is 17.1 Å². The zero-order chi connectivity index (χ0) is 12.5. The highest BCUT2D eigenvalue weighted by atomic mass is 32.1. The van der Waals surface area contributed by atoms with Gasteiger partial charge in [0.15, 0.2) is 5.13 Å². The molecule has 0 unspecified atom stereocenters. The number of para-hydroxylation sites is 1. The Balaban J connectivity index is 2.16. The topological polar surface area (TPSA) is 60.9 Å². The van der Waals surface area contributed by atoms with Crippen LogP contribution in [0.2, 0.25) is 0 Å². The number of hydrogen-bond donors (Lipinski definition) is 1. The number of hydrogen-bond acceptors (Lipinski definition) is 4. The first-order valence-corrected chi connectivity index (χ1v) is 6.34. The fourth-order valence-electron chi connectivity index (χ4n) is 1.96. The summed E-state index contributed by atoms with van der Waals surface area (Å²) in [5, 5.41) is 1.58. The van der Waals surface area contributed by atoms with Crippen molar-refractivity contribution in [2.24, 2.45) is 0 Å². The van der Waals surface area contributed by atoms with Crippen molar-refractivity contribution in [3.05, 3.63) is 57.8 Å². The molecule has 0 saturated heterocycles. The molecule has 0 spiro atoms. The molecule has 0 bridgehead atoms. The molecule has 0 amide bonds. The number of nitrogens with zero attached hydrogens (tertiary/aromatic N) is 2. The van der Waals surface area contributed by atoms with Gasteiger partial charge in [-0.25, -0.2) is 4.98 Å². The Hall–Kier alpha value is -2.14. The summed E-state index contributed by atoms with van der Waals surface area (Å²) in [5.41, 5.74) is 6.52. The van der Waals surface area contributed by atoms with Crippen LogP contribution in [-0.2, 0) is 6.54 Å². The van der Waals surface area contributed by atoms with Gasteiger partial charge in [-0.15, -0.1) is 11.3 Å². The summed E-state index contributed by atoms with van der Waals surface area (Å²) < 4.78 is 1.74. The van der Waals surface area contributed by atoms with E-state index in [4.69, 9.17) is 5.73 Å². The van der Waals surface area contributed by atoms with Crippen molar-refractivity contribution in [3.8, 4) is 0 Å². The van der Waals surface area contributed by atoms with Crippen LogP contribution in [0.4, 0.5) is 5.13 Å². The number of pyridine rings is 1. The maximum absolute atomic E-state index is 12.0. The quantitative estimate of drug-likeness (QED) is 0.764. The van der Waals surface area contributed by atoms with E-state index in [1.165, 1.54) is 11.3 Å². The molecule has 2 aromatic heterocycles. The van der Waals surface area contributed by atoms with Crippen molar-refractivity contribution in [2.45, 2.75) is 6.54 Å². The van der Waals surface area contributed by atoms with Crippen LogP contribution in [0, 0.1) is 0 Å². The number of nitrogens with two attached hydrogens (primary N) is 1. The Morgan fingerprint density at radius 1 is 1.22 bits per heavy atom. The smallest absolute Gasteiger partial charge is 0.251 e. The molecule has 0 atom stereocenters. The van der Waals surface area contributed by atoms with Gasteiger partial charge in [0.25, 0.3) is 5.56 Å². The summed E-state index contributed by atoms with van der Waals surface area (Å²) in [4.78, 5) is 16.9. The lowest BCUT2D eigenvalue weighted by Crippen LogP contribution is -2.19. The Bertz CT molecular complexity index is 760. The highest BCUT2D eigenvalue weighted by molar-refractivity contribution is 7.15. The van der Waals surface area contributed by atoms with Crippen molar-refractivity contribution in [2.75, 3.05) is 5.73 Å². The maximum Gasteiger partial charge on any atom is 0.251 e. The SMILES string of the molecule is Nc1ncc(Cn2c(=O)ccc3ccccc32)s1. The Labute approximate surface area is 107 Å². The van der Waals surface area contributed by atoms with Crippen molar-refractivity contribution in [1.82, 2.24) is 9.55 Å². The lowest BCUT2D eigenvalue weighted by molar-refractivity contribution is 0.805. The number of rotatable bonds is 2. The van der Waals surface area contributed by atoms with E-state index in [1.54, 1.807) is 16.8 Å². The van der Waals surface area contributed by atoms with E-state index in [0.717, 1.165) is 15.8 Å². The number of fused-ring (bicyclic) bond motifs is 1. The largest absolute Gasteiger partial charge is 0.375 e. The third kappa shape index (κ3) is 1.89. The minimum Gasteiger partial charge on any atom is -0.375 e. The van der Waals surface area contributed by atoms with Crippen molar-refractivity contribution in [1.29, 1.82) is 0 Å². The first-order valence-electron chi connectivity index (χ1n) is 5.53. The second-order valence-electron chi connectivity index (χ2n) is 3.98. The standard InChI is InChI=1S/C13H11N3OS/c14-13-15-7-10(18-13)8-16-11-4-2-1-3-9(11)5-6-12(16)17/h1-7H,8H2,(H2,14,15). The summed E-state index contributed by atoms with van der Waals surface area (Å²) in [6.45, 7) is 0.509. The molecule has 18 heavy (non-hydrogen) atoms. The van der Waals surface area contributed by atoms with Crippen LogP contribution in [0.25, 0.3) is 10.9 Å². The fraction of sp³-hybridized carbons (Fsp3) is 0.0769. The third-order valence-corrected chi connectivity index (χ3v) is 3.60. The lowest BCUT2D eigenvalue weighted by Gasteiger charge is -2.08. The molecular formula is C13H11N3OS. The molecule has 0 fully saturated rings. The first kappa shape index (κ1) is 11.0. The van der Waals surface area contributed by atoms with Crippen molar-refractivity contribution >= 4 is 27.4 Å². The number of anilines is 1. The van der Waals surface area contributed by atoms with E-state index >= 15 is 0 Å². The van der Waals surface area contributed by atoms with E-state index in [2.05, 4.69) is 4.98 Å². The molecule has 0 aliphatic heterocycles. The van der Waals surface area contributed by atoms with Crippen LogP contribution < -0.4 is 11.3 Å². The highest BCUT2D eigenvalue weighted by Crippen LogP contribution is 2.17. The van der Waals surface area contributed by atoms with Gasteiger partial charge in [0.1, 0.15) is 0 Å². The normalized spacial score (nSPS) is 10.9. The van der Waals surface area contributed by atoms with Crippen LogP contribution in [-0.4, -0.2) is 9.55 Å². The number of nitrogen functional groups attached to an aromatic ring is 1. The summed E-state index contributed by atoms with van der Waals surface area (Å²) in [6, 6.07) is 11.3. The summed E-state index contributed by atoms with van der Waals surface area (Å²) in [7, 11) is 0. The van der Waals surface area contributed by atoms with Crippen LogP contribution in [0.15, 0.2) is 47.4 Å². The number of benzene rings is 1. The molecule has 5 heteroatoms. The van der Waals surface area contributed by atoms with Gasteiger partial charge < -0.3 is 10.3 Å². The zero-order valence-electron chi connectivity index (χ0n) is 9.54.